The van der Waals surface area contributed by atoms with Crippen molar-refractivity contribution in [2.75, 3.05) is 14.1 Å². The van der Waals surface area contributed by atoms with E-state index in [0.717, 1.165) is 25.7 Å². The standard InChI is InChI=1S/C46H48N4/c1-31-30-42-43(39-19-11-10-18-38(31)39)40-20-12-13-21-41(40)50(42)37-28-26-36(27-29-37)46-48(2)44(34-16-8-5-9-17-34)47-45(49(46)3)35-24-22-33(23-25-35)32-14-6-4-7-15-32/h4-12,14-20,22-25,28,30-31,36,38,44-47H,13,21,26-27,29H2,1-3H3. The zero-order valence-corrected chi connectivity index (χ0v) is 29.5. The average Bonchev–Trinajstić information content (AvgIpc) is 3.50. The van der Waals surface area contributed by atoms with Crippen LogP contribution < -0.4 is 15.9 Å². The predicted molar refractivity (Wildman–Crippen MR) is 208 cm³/mol. The van der Waals surface area contributed by atoms with Gasteiger partial charge >= 0.3 is 0 Å². The van der Waals surface area contributed by atoms with E-state index < -0.39 is 0 Å². The molecule has 252 valence electrons. The minimum absolute atomic E-state index is 0.102. The summed E-state index contributed by atoms with van der Waals surface area (Å²) in [7, 11) is 4.65. The van der Waals surface area contributed by atoms with Crippen molar-refractivity contribution in [2.45, 2.75) is 57.5 Å². The molecule has 4 aromatic rings. The number of benzene rings is 3. The van der Waals surface area contributed by atoms with Crippen LogP contribution in [0.5, 0.6) is 0 Å². The van der Waals surface area contributed by atoms with Crippen LogP contribution in [0.4, 0.5) is 0 Å². The SMILES string of the molecule is CC1C=c2c(c3c(n2C2=CCC(C4N(C)C(c5ccccc5)NC(c5ccc(-c6ccccc6)cc5)N4C)CC2)CCC=C3)=C2C=CC=CC21. The molecule has 6 unspecified atom stereocenters. The quantitative estimate of drug-likeness (QED) is 0.234. The van der Waals surface area contributed by atoms with Crippen LogP contribution in [0.15, 0.2) is 121 Å². The maximum atomic E-state index is 4.05. The Morgan fingerprint density at radius 3 is 2.16 bits per heavy atom. The summed E-state index contributed by atoms with van der Waals surface area (Å²) >= 11 is 0. The number of aromatic nitrogens is 1. The van der Waals surface area contributed by atoms with Gasteiger partial charge in [0.25, 0.3) is 0 Å². The van der Waals surface area contributed by atoms with Gasteiger partial charge in [0.2, 0.25) is 0 Å². The lowest BCUT2D eigenvalue weighted by atomic mass is 9.79. The lowest BCUT2D eigenvalue weighted by Gasteiger charge is -2.53. The van der Waals surface area contributed by atoms with Crippen molar-refractivity contribution in [3.8, 4) is 11.1 Å². The molecule has 9 rings (SSSR count). The lowest BCUT2D eigenvalue weighted by molar-refractivity contribution is -0.0923. The largest absolute Gasteiger partial charge is 0.317 e. The van der Waals surface area contributed by atoms with E-state index in [1.165, 1.54) is 61.8 Å². The van der Waals surface area contributed by atoms with Crippen LogP contribution in [0, 0.1) is 17.8 Å². The molecular formula is C46H48N4. The molecule has 1 fully saturated rings. The number of hydrogen-bond acceptors (Lipinski definition) is 3. The minimum atomic E-state index is 0.102. The van der Waals surface area contributed by atoms with E-state index in [4.69, 9.17) is 0 Å². The van der Waals surface area contributed by atoms with Gasteiger partial charge in [0.15, 0.2) is 0 Å². The predicted octanol–water partition coefficient (Wildman–Crippen LogP) is 8.27. The van der Waals surface area contributed by atoms with Gasteiger partial charge in [0, 0.05) is 28.1 Å². The first-order chi connectivity index (χ1) is 24.6. The highest BCUT2D eigenvalue weighted by Crippen LogP contribution is 2.41. The van der Waals surface area contributed by atoms with Gasteiger partial charge in [0.05, 0.1) is 23.8 Å². The molecule has 50 heavy (non-hydrogen) atoms. The van der Waals surface area contributed by atoms with E-state index in [-0.39, 0.29) is 18.5 Å². The molecule has 4 heteroatoms. The Kier molecular flexibility index (Phi) is 8.19. The molecule has 1 N–H and O–H groups in total. The number of allylic oxidation sites excluding steroid dienone is 7. The number of nitrogens with zero attached hydrogens (tertiary/aromatic N) is 3. The van der Waals surface area contributed by atoms with Crippen LogP contribution in [0.3, 0.4) is 0 Å². The van der Waals surface area contributed by atoms with Gasteiger partial charge in [-0.2, -0.15) is 0 Å². The Balaban J connectivity index is 1.06. The maximum absolute atomic E-state index is 4.05. The summed E-state index contributed by atoms with van der Waals surface area (Å²) in [4.78, 5) is 5.19. The first-order valence-corrected chi connectivity index (χ1v) is 18.7. The summed E-state index contributed by atoms with van der Waals surface area (Å²) in [6, 6.07) is 30.9. The van der Waals surface area contributed by atoms with E-state index in [0.29, 0.717) is 17.8 Å². The normalized spacial score (nSPS) is 27.7. The van der Waals surface area contributed by atoms with Crippen LogP contribution in [-0.4, -0.2) is 34.6 Å². The summed E-state index contributed by atoms with van der Waals surface area (Å²) in [6.07, 6.45) is 25.3. The Morgan fingerprint density at radius 2 is 1.44 bits per heavy atom. The van der Waals surface area contributed by atoms with Crippen molar-refractivity contribution in [1.29, 1.82) is 0 Å². The molecule has 6 atom stereocenters. The van der Waals surface area contributed by atoms with Crippen molar-refractivity contribution in [1.82, 2.24) is 19.7 Å². The van der Waals surface area contributed by atoms with Gasteiger partial charge in [-0.3, -0.25) is 15.1 Å². The topological polar surface area (TPSA) is 23.4 Å². The number of nitrogens with one attached hydrogen (secondary N) is 1. The van der Waals surface area contributed by atoms with Crippen molar-refractivity contribution in [2.24, 2.45) is 17.8 Å². The molecule has 1 aliphatic heterocycles. The Hall–Kier alpha value is -4.48. The molecule has 2 heterocycles. The Morgan fingerprint density at radius 1 is 0.740 bits per heavy atom. The second-order valence-corrected chi connectivity index (χ2v) is 15.0. The molecule has 0 saturated carbocycles. The Labute approximate surface area is 297 Å². The summed E-state index contributed by atoms with van der Waals surface area (Å²) < 4.78 is 2.69. The smallest absolute Gasteiger partial charge is 0.0885 e. The second-order valence-electron chi connectivity index (χ2n) is 15.0. The summed E-state index contributed by atoms with van der Waals surface area (Å²) in [5.74, 6) is 1.47. The summed E-state index contributed by atoms with van der Waals surface area (Å²) in [5.41, 5.74) is 11.1. The van der Waals surface area contributed by atoms with Crippen LogP contribution >= 0.6 is 0 Å². The molecule has 0 amide bonds. The van der Waals surface area contributed by atoms with Crippen LogP contribution in [0.2, 0.25) is 0 Å². The molecular weight excluding hydrogens is 609 g/mol. The zero-order chi connectivity index (χ0) is 33.8. The molecule has 1 aromatic heterocycles. The fraction of sp³-hybridized carbons (Fsp3) is 0.304. The van der Waals surface area contributed by atoms with Crippen molar-refractivity contribution in [3.63, 3.8) is 0 Å². The highest BCUT2D eigenvalue weighted by atomic mass is 15.5. The van der Waals surface area contributed by atoms with Crippen molar-refractivity contribution < 1.29 is 0 Å². The van der Waals surface area contributed by atoms with Crippen molar-refractivity contribution >= 4 is 23.4 Å². The maximum Gasteiger partial charge on any atom is 0.0885 e. The van der Waals surface area contributed by atoms with Gasteiger partial charge in [0.1, 0.15) is 0 Å². The third-order valence-corrected chi connectivity index (χ3v) is 12.1. The fourth-order valence-corrected chi connectivity index (χ4v) is 9.66. The molecule has 4 aliphatic carbocycles. The second kappa shape index (κ2) is 13.0. The monoisotopic (exact) mass is 656 g/mol. The number of fused-ring (bicyclic) bond motifs is 4. The van der Waals surface area contributed by atoms with E-state index in [1.54, 1.807) is 0 Å². The summed E-state index contributed by atoms with van der Waals surface area (Å²) in [6.45, 7) is 2.39. The molecule has 0 radical (unpaired) electrons. The van der Waals surface area contributed by atoms with E-state index in [1.807, 2.05) is 0 Å². The van der Waals surface area contributed by atoms with Gasteiger partial charge < -0.3 is 4.57 Å². The molecule has 1 saturated heterocycles. The van der Waals surface area contributed by atoms with Crippen LogP contribution in [0.1, 0.15) is 67.3 Å². The van der Waals surface area contributed by atoms with E-state index in [9.17, 15) is 0 Å². The fourth-order valence-electron chi connectivity index (χ4n) is 9.66. The van der Waals surface area contributed by atoms with Gasteiger partial charge in [-0.05, 0) is 85.9 Å². The zero-order valence-electron chi connectivity index (χ0n) is 29.5. The highest BCUT2D eigenvalue weighted by Gasteiger charge is 2.42. The average molecular weight is 657 g/mol. The lowest BCUT2D eigenvalue weighted by Crippen LogP contribution is -2.62. The van der Waals surface area contributed by atoms with E-state index >= 15 is 0 Å². The Bertz CT molecular complexity index is 2130. The molecule has 3 aromatic carbocycles. The first kappa shape index (κ1) is 31.5. The summed E-state index contributed by atoms with van der Waals surface area (Å²) in [5, 5.41) is 6.96. The van der Waals surface area contributed by atoms with E-state index in [2.05, 4.69) is 174 Å². The molecule has 5 aliphatic rings. The molecule has 4 nitrogen and oxygen atoms in total. The molecule has 0 spiro atoms. The number of rotatable bonds is 5. The third-order valence-electron chi connectivity index (χ3n) is 12.1. The minimum Gasteiger partial charge on any atom is -0.317 e. The number of hydrogen-bond donors (Lipinski definition) is 1. The van der Waals surface area contributed by atoms with Crippen LogP contribution in [0.25, 0.3) is 34.5 Å². The van der Waals surface area contributed by atoms with Crippen molar-refractivity contribution in [3.05, 3.63) is 154 Å². The molecule has 0 bridgehead atoms. The van der Waals surface area contributed by atoms with Gasteiger partial charge in [-0.1, -0.05) is 140 Å². The first-order valence-electron chi connectivity index (χ1n) is 18.7. The van der Waals surface area contributed by atoms with Gasteiger partial charge in [-0.25, -0.2) is 0 Å². The van der Waals surface area contributed by atoms with Gasteiger partial charge in [-0.15, -0.1) is 0 Å². The van der Waals surface area contributed by atoms with Crippen LogP contribution in [-0.2, 0) is 6.42 Å². The third kappa shape index (κ3) is 5.33. The highest BCUT2D eigenvalue weighted by molar-refractivity contribution is 5.74.